The molecule has 0 amide bonds. The van der Waals surface area contributed by atoms with Gasteiger partial charge in [0.2, 0.25) is 11.9 Å². The third-order valence-corrected chi connectivity index (χ3v) is 6.28. The Kier molecular flexibility index (Phi) is 5.04. The molecule has 1 N–H and O–H groups in total. The Hall–Kier alpha value is -3.14. The fraction of sp³-hybridized carbons (Fsp3) is 0.455. The minimum absolute atomic E-state index is 0.281. The number of halogens is 2. The summed E-state index contributed by atoms with van der Waals surface area (Å²) in [5.41, 5.74) is 2.36. The number of anilines is 3. The molecule has 1 aromatic carbocycles. The van der Waals surface area contributed by atoms with Crippen LogP contribution >= 0.6 is 0 Å². The monoisotopic (exact) mass is 441 g/mol. The van der Waals surface area contributed by atoms with E-state index in [0.29, 0.717) is 17.2 Å². The quantitative estimate of drug-likeness (QED) is 0.667. The fourth-order valence-corrected chi connectivity index (χ4v) is 4.30. The SMILES string of the molecule is CN1CCN(c2ccc(Nc3ncc4c(=O)n(C)nc(C5CC(F)(F)C5)c4n3)cc2)CC1. The van der Waals surface area contributed by atoms with E-state index in [9.17, 15) is 13.6 Å². The van der Waals surface area contributed by atoms with E-state index in [0.717, 1.165) is 37.6 Å². The van der Waals surface area contributed by atoms with Crippen LogP contribution in [0.5, 0.6) is 0 Å². The molecule has 5 rings (SSSR count). The summed E-state index contributed by atoms with van der Waals surface area (Å²) in [5, 5.41) is 7.68. The summed E-state index contributed by atoms with van der Waals surface area (Å²) in [6.07, 6.45) is 0.870. The van der Waals surface area contributed by atoms with Gasteiger partial charge >= 0.3 is 0 Å². The molecule has 0 unspecified atom stereocenters. The highest BCUT2D eigenvalue weighted by atomic mass is 19.3. The Morgan fingerprint density at radius 3 is 2.41 bits per heavy atom. The van der Waals surface area contributed by atoms with Crippen molar-refractivity contribution in [2.24, 2.45) is 7.05 Å². The molecule has 1 saturated carbocycles. The first kappa shape index (κ1) is 20.7. The van der Waals surface area contributed by atoms with Crippen LogP contribution in [0, 0.1) is 0 Å². The minimum Gasteiger partial charge on any atom is -0.369 e. The molecule has 1 saturated heterocycles. The van der Waals surface area contributed by atoms with E-state index in [1.807, 2.05) is 24.3 Å². The molecule has 2 fully saturated rings. The van der Waals surface area contributed by atoms with Gasteiger partial charge in [-0.25, -0.2) is 23.4 Å². The first-order valence-corrected chi connectivity index (χ1v) is 10.7. The molecule has 0 bridgehead atoms. The molecule has 32 heavy (non-hydrogen) atoms. The predicted octanol–water partition coefficient (Wildman–Crippen LogP) is 2.73. The number of benzene rings is 1. The Labute approximate surface area is 183 Å². The second-order valence-electron chi connectivity index (χ2n) is 8.69. The molecule has 0 spiro atoms. The fourth-order valence-electron chi connectivity index (χ4n) is 4.30. The highest BCUT2D eigenvalue weighted by Crippen LogP contribution is 2.48. The van der Waals surface area contributed by atoms with Crippen molar-refractivity contribution in [2.45, 2.75) is 24.7 Å². The maximum absolute atomic E-state index is 13.5. The van der Waals surface area contributed by atoms with Crippen molar-refractivity contribution in [1.29, 1.82) is 0 Å². The van der Waals surface area contributed by atoms with Crippen LogP contribution in [0.3, 0.4) is 0 Å². The number of nitrogens with zero attached hydrogens (tertiary/aromatic N) is 6. The highest BCUT2D eigenvalue weighted by Gasteiger charge is 2.47. The summed E-state index contributed by atoms with van der Waals surface area (Å²) in [5.74, 6) is -2.82. The second kappa shape index (κ2) is 7.77. The molecule has 3 aromatic rings. The van der Waals surface area contributed by atoms with Crippen molar-refractivity contribution in [1.82, 2.24) is 24.6 Å². The van der Waals surface area contributed by atoms with Gasteiger partial charge in [-0.05, 0) is 31.3 Å². The molecule has 1 aliphatic carbocycles. The number of fused-ring (bicyclic) bond motifs is 1. The van der Waals surface area contributed by atoms with Gasteiger partial charge < -0.3 is 15.1 Å². The van der Waals surface area contributed by atoms with Gasteiger partial charge in [-0.15, -0.1) is 0 Å². The van der Waals surface area contributed by atoms with Crippen LogP contribution in [0.4, 0.5) is 26.1 Å². The number of alkyl halides is 2. The van der Waals surface area contributed by atoms with Crippen LogP contribution < -0.4 is 15.8 Å². The summed E-state index contributed by atoms with van der Waals surface area (Å²) in [6.45, 7) is 4.05. The van der Waals surface area contributed by atoms with Crippen LogP contribution in [-0.2, 0) is 7.05 Å². The number of likely N-dealkylation sites (N-methyl/N-ethyl adjacent to an activating group) is 1. The van der Waals surface area contributed by atoms with E-state index in [1.165, 1.54) is 17.9 Å². The van der Waals surface area contributed by atoms with Crippen LogP contribution in [0.2, 0.25) is 0 Å². The third kappa shape index (κ3) is 3.90. The zero-order chi connectivity index (χ0) is 22.5. The lowest BCUT2D eigenvalue weighted by Crippen LogP contribution is -2.44. The molecule has 2 aromatic heterocycles. The maximum atomic E-state index is 13.5. The summed E-state index contributed by atoms with van der Waals surface area (Å²) in [6, 6.07) is 8.01. The van der Waals surface area contributed by atoms with Crippen molar-refractivity contribution in [2.75, 3.05) is 43.4 Å². The number of hydrogen-bond acceptors (Lipinski definition) is 7. The van der Waals surface area contributed by atoms with E-state index in [1.54, 1.807) is 0 Å². The van der Waals surface area contributed by atoms with E-state index >= 15 is 0 Å². The zero-order valence-electron chi connectivity index (χ0n) is 18.1. The highest BCUT2D eigenvalue weighted by molar-refractivity contribution is 5.80. The molecule has 0 atom stereocenters. The average Bonchev–Trinajstić information content (AvgIpc) is 2.76. The van der Waals surface area contributed by atoms with Crippen LogP contribution in [0.25, 0.3) is 10.9 Å². The van der Waals surface area contributed by atoms with Gasteiger partial charge in [-0.3, -0.25) is 4.79 Å². The zero-order valence-corrected chi connectivity index (χ0v) is 18.1. The Balaban J connectivity index is 1.40. The summed E-state index contributed by atoms with van der Waals surface area (Å²) >= 11 is 0. The number of aryl methyl sites for hydroxylation is 1. The van der Waals surface area contributed by atoms with Crippen LogP contribution in [0.1, 0.15) is 24.5 Å². The van der Waals surface area contributed by atoms with Gasteiger partial charge in [-0.1, -0.05) is 0 Å². The van der Waals surface area contributed by atoms with Gasteiger partial charge in [0.05, 0.1) is 11.1 Å². The topological polar surface area (TPSA) is 79.2 Å². The number of hydrogen-bond donors (Lipinski definition) is 1. The number of rotatable bonds is 4. The smallest absolute Gasteiger partial charge is 0.277 e. The molecular formula is C22H25F2N7O. The Bertz CT molecular complexity index is 1200. The number of aromatic nitrogens is 4. The molecule has 8 nitrogen and oxygen atoms in total. The average molecular weight is 441 g/mol. The molecule has 10 heteroatoms. The van der Waals surface area contributed by atoms with Gasteiger partial charge in [0.1, 0.15) is 5.52 Å². The van der Waals surface area contributed by atoms with Crippen molar-refractivity contribution in [3.05, 3.63) is 46.5 Å². The maximum Gasteiger partial charge on any atom is 0.277 e. The molecule has 1 aliphatic heterocycles. The second-order valence-corrected chi connectivity index (χ2v) is 8.69. The molecule has 2 aliphatic rings. The van der Waals surface area contributed by atoms with Crippen LogP contribution in [0.15, 0.2) is 35.3 Å². The third-order valence-electron chi connectivity index (χ3n) is 6.28. The van der Waals surface area contributed by atoms with Gasteiger partial charge in [0, 0.05) is 69.6 Å². The lowest BCUT2D eigenvalue weighted by Gasteiger charge is -2.34. The molecule has 3 heterocycles. The lowest BCUT2D eigenvalue weighted by atomic mass is 9.78. The van der Waals surface area contributed by atoms with Gasteiger partial charge in [0.25, 0.3) is 5.56 Å². The number of nitrogens with one attached hydrogen (secondary N) is 1. The van der Waals surface area contributed by atoms with Crippen LogP contribution in [-0.4, -0.2) is 63.8 Å². The number of piperazine rings is 1. The largest absolute Gasteiger partial charge is 0.369 e. The molecular weight excluding hydrogens is 416 g/mol. The summed E-state index contributed by atoms with van der Waals surface area (Å²) in [7, 11) is 3.64. The molecule has 0 radical (unpaired) electrons. The van der Waals surface area contributed by atoms with E-state index in [2.05, 4.69) is 37.2 Å². The minimum atomic E-state index is -2.69. The van der Waals surface area contributed by atoms with E-state index < -0.39 is 11.8 Å². The van der Waals surface area contributed by atoms with Gasteiger partial charge in [0.15, 0.2) is 0 Å². The first-order chi connectivity index (χ1) is 15.3. The first-order valence-electron chi connectivity index (χ1n) is 10.7. The van der Waals surface area contributed by atoms with E-state index in [-0.39, 0.29) is 23.8 Å². The summed E-state index contributed by atoms with van der Waals surface area (Å²) < 4.78 is 28.1. The van der Waals surface area contributed by atoms with E-state index in [4.69, 9.17) is 0 Å². The standard InChI is InChI=1S/C22H25F2N7O/c1-29-7-9-31(10-8-29)16-5-3-15(4-6-16)26-21-25-13-17-19(27-21)18(28-30(2)20(17)32)14-11-22(23,24)12-14/h3-6,13-14H,7-12H2,1-2H3,(H,25,26,27). The van der Waals surface area contributed by atoms with Crippen molar-refractivity contribution in [3.8, 4) is 0 Å². The molecule has 168 valence electrons. The van der Waals surface area contributed by atoms with Gasteiger partial charge in [-0.2, -0.15) is 5.10 Å². The Morgan fingerprint density at radius 1 is 1.06 bits per heavy atom. The lowest BCUT2D eigenvalue weighted by molar-refractivity contribution is -0.0875. The Morgan fingerprint density at radius 2 is 1.75 bits per heavy atom. The predicted molar refractivity (Wildman–Crippen MR) is 119 cm³/mol. The summed E-state index contributed by atoms with van der Waals surface area (Å²) in [4.78, 5) is 25.9. The van der Waals surface area contributed by atoms with Crippen molar-refractivity contribution < 1.29 is 8.78 Å². The van der Waals surface area contributed by atoms with Crippen molar-refractivity contribution in [3.63, 3.8) is 0 Å². The van der Waals surface area contributed by atoms with Crippen molar-refractivity contribution >= 4 is 28.2 Å². The normalized spacial score (nSPS) is 19.2.